The summed E-state index contributed by atoms with van der Waals surface area (Å²) in [5, 5.41) is 9.85. The highest BCUT2D eigenvalue weighted by Gasteiger charge is 2.16. The summed E-state index contributed by atoms with van der Waals surface area (Å²) in [5.41, 5.74) is 8.66. The Morgan fingerprint density at radius 3 is 2.50 bits per heavy atom. The van der Waals surface area contributed by atoms with Crippen LogP contribution in [0.1, 0.15) is 48.4 Å². The van der Waals surface area contributed by atoms with Crippen molar-refractivity contribution in [2.24, 2.45) is 0 Å². The van der Waals surface area contributed by atoms with Gasteiger partial charge in [0, 0.05) is 4.88 Å². The van der Waals surface area contributed by atoms with E-state index in [1.165, 1.54) is 26.9 Å². The molecule has 0 aliphatic heterocycles. The Hall–Kier alpha value is -2.85. The van der Waals surface area contributed by atoms with Crippen molar-refractivity contribution in [3.8, 4) is 5.75 Å². The van der Waals surface area contributed by atoms with Gasteiger partial charge >= 0.3 is 0 Å². The summed E-state index contributed by atoms with van der Waals surface area (Å²) in [7, 11) is 0. The normalized spacial score (nSPS) is 11.9. The molecule has 0 saturated heterocycles. The van der Waals surface area contributed by atoms with Crippen LogP contribution in [0.3, 0.4) is 0 Å². The fourth-order valence-electron chi connectivity index (χ4n) is 3.22. The highest BCUT2D eigenvalue weighted by atomic mass is 32.2. The summed E-state index contributed by atoms with van der Waals surface area (Å²) in [6.07, 6.45) is 0. The largest absolute Gasteiger partial charge is 0.486 e. The van der Waals surface area contributed by atoms with Gasteiger partial charge in [0.1, 0.15) is 28.8 Å². The molecule has 8 nitrogen and oxygen atoms in total. The SMILES string of the molecule is Cc1sc2nc(CSc3nnc(COc4ccc(C(C)(C)C)cc4)n3N)nc(N)c2c1C. The Morgan fingerprint density at radius 1 is 1.09 bits per heavy atom. The molecule has 10 heteroatoms. The van der Waals surface area contributed by atoms with Gasteiger partial charge in [-0.3, -0.25) is 0 Å². The number of nitrogens with zero attached hydrogens (tertiary/aromatic N) is 5. The van der Waals surface area contributed by atoms with Crippen molar-refractivity contribution in [2.75, 3.05) is 11.6 Å². The lowest BCUT2D eigenvalue weighted by molar-refractivity contribution is 0.291. The van der Waals surface area contributed by atoms with Crippen LogP contribution in [-0.4, -0.2) is 24.8 Å². The Bertz CT molecular complexity index is 1260. The average Bonchev–Trinajstić information content (AvgIpc) is 3.23. The number of ether oxygens (including phenoxy) is 1. The zero-order valence-corrected chi connectivity index (χ0v) is 20.5. The molecule has 0 spiro atoms. The number of thiophene rings is 1. The van der Waals surface area contributed by atoms with E-state index in [1.54, 1.807) is 11.3 Å². The van der Waals surface area contributed by atoms with Crippen molar-refractivity contribution >= 4 is 39.1 Å². The standard InChI is InChI=1S/C22H27N7OS2/c1-12-13(2)32-20-18(12)19(23)25-16(26-20)11-31-21-28-27-17(29(21)24)10-30-15-8-6-14(7-9-15)22(3,4)5/h6-9H,10-11,24H2,1-5H3,(H2,23,25,26). The van der Waals surface area contributed by atoms with Gasteiger partial charge in [0.25, 0.3) is 0 Å². The average molecular weight is 470 g/mol. The molecule has 4 N–H and O–H groups in total. The first-order valence-electron chi connectivity index (χ1n) is 10.2. The maximum Gasteiger partial charge on any atom is 0.210 e. The van der Waals surface area contributed by atoms with Crippen LogP contribution in [0.4, 0.5) is 5.82 Å². The number of fused-ring (bicyclic) bond motifs is 1. The number of anilines is 1. The van der Waals surface area contributed by atoms with E-state index >= 15 is 0 Å². The lowest BCUT2D eigenvalue weighted by Crippen LogP contribution is -2.16. The number of rotatable bonds is 6. The van der Waals surface area contributed by atoms with Gasteiger partial charge in [0.15, 0.2) is 5.82 Å². The summed E-state index contributed by atoms with van der Waals surface area (Å²) in [6.45, 7) is 10.9. The third-order valence-electron chi connectivity index (χ3n) is 5.26. The monoisotopic (exact) mass is 469 g/mol. The number of aryl methyl sites for hydroxylation is 2. The molecule has 0 bridgehead atoms. The molecule has 3 aromatic heterocycles. The molecule has 0 aliphatic rings. The lowest BCUT2D eigenvalue weighted by Gasteiger charge is -2.19. The topological polar surface area (TPSA) is 118 Å². The molecule has 0 aliphatic carbocycles. The predicted molar refractivity (Wildman–Crippen MR) is 131 cm³/mol. The van der Waals surface area contributed by atoms with E-state index in [0.717, 1.165) is 21.5 Å². The Kier molecular flexibility index (Phi) is 6.00. The van der Waals surface area contributed by atoms with E-state index in [4.69, 9.17) is 16.3 Å². The maximum atomic E-state index is 6.18. The summed E-state index contributed by atoms with van der Waals surface area (Å²) < 4.78 is 7.28. The smallest absolute Gasteiger partial charge is 0.210 e. The molecule has 32 heavy (non-hydrogen) atoms. The highest BCUT2D eigenvalue weighted by Crippen LogP contribution is 2.32. The molecule has 0 radical (unpaired) electrons. The summed E-state index contributed by atoms with van der Waals surface area (Å²) in [5.74, 6) is 9.11. The molecule has 4 rings (SSSR count). The molecule has 0 atom stereocenters. The van der Waals surface area contributed by atoms with Crippen LogP contribution in [0.25, 0.3) is 10.2 Å². The molecule has 0 fully saturated rings. The van der Waals surface area contributed by atoms with Crippen LogP contribution in [0.5, 0.6) is 5.75 Å². The first kappa shape index (κ1) is 22.3. The number of benzene rings is 1. The van der Waals surface area contributed by atoms with Crippen molar-refractivity contribution in [3.63, 3.8) is 0 Å². The van der Waals surface area contributed by atoms with Crippen LogP contribution >= 0.6 is 23.1 Å². The number of hydrogen-bond acceptors (Lipinski definition) is 9. The van der Waals surface area contributed by atoms with Gasteiger partial charge < -0.3 is 16.3 Å². The van der Waals surface area contributed by atoms with Gasteiger partial charge in [-0.25, -0.2) is 14.6 Å². The minimum atomic E-state index is 0.0994. The maximum absolute atomic E-state index is 6.18. The second-order valence-corrected chi connectivity index (χ2v) is 10.8. The fraction of sp³-hybridized carbons (Fsp3) is 0.364. The van der Waals surface area contributed by atoms with E-state index in [0.29, 0.717) is 28.4 Å². The van der Waals surface area contributed by atoms with Gasteiger partial charge in [-0.05, 0) is 42.5 Å². The van der Waals surface area contributed by atoms with E-state index in [-0.39, 0.29) is 12.0 Å². The van der Waals surface area contributed by atoms with Crippen molar-refractivity contribution in [2.45, 2.75) is 57.5 Å². The third-order valence-corrected chi connectivity index (χ3v) is 7.30. The molecule has 1 aromatic carbocycles. The van der Waals surface area contributed by atoms with Crippen LogP contribution in [-0.2, 0) is 17.8 Å². The van der Waals surface area contributed by atoms with Gasteiger partial charge in [0.2, 0.25) is 5.16 Å². The molecule has 3 heterocycles. The number of nitrogen functional groups attached to an aromatic ring is 2. The number of thioether (sulfide) groups is 1. The number of aromatic nitrogens is 5. The van der Waals surface area contributed by atoms with Crippen LogP contribution in [0.15, 0.2) is 29.4 Å². The summed E-state index contributed by atoms with van der Waals surface area (Å²) >= 11 is 3.04. The Morgan fingerprint density at radius 2 is 1.81 bits per heavy atom. The van der Waals surface area contributed by atoms with Crippen LogP contribution in [0.2, 0.25) is 0 Å². The molecule has 168 valence electrons. The van der Waals surface area contributed by atoms with Gasteiger partial charge in [-0.2, -0.15) is 0 Å². The predicted octanol–water partition coefficient (Wildman–Crippen LogP) is 4.36. The van der Waals surface area contributed by atoms with Crippen molar-refractivity contribution in [1.29, 1.82) is 0 Å². The second kappa shape index (κ2) is 8.59. The zero-order valence-electron chi connectivity index (χ0n) is 18.8. The van der Waals surface area contributed by atoms with Gasteiger partial charge in [0.05, 0.1) is 11.1 Å². The Balaban J connectivity index is 1.40. The van der Waals surface area contributed by atoms with E-state index in [1.807, 2.05) is 19.1 Å². The quantitative estimate of drug-likeness (QED) is 0.316. The summed E-state index contributed by atoms with van der Waals surface area (Å²) in [6, 6.07) is 8.06. The van der Waals surface area contributed by atoms with Crippen molar-refractivity contribution in [1.82, 2.24) is 24.8 Å². The first-order valence-corrected chi connectivity index (χ1v) is 12.0. The molecule has 4 aromatic rings. The highest BCUT2D eigenvalue weighted by molar-refractivity contribution is 7.98. The zero-order chi connectivity index (χ0) is 23.0. The number of nitrogens with two attached hydrogens (primary N) is 2. The summed E-state index contributed by atoms with van der Waals surface area (Å²) in [4.78, 5) is 11.2. The number of hydrogen-bond donors (Lipinski definition) is 2. The molecule has 0 unspecified atom stereocenters. The van der Waals surface area contributed by atoms with E-state index in [2.05, 4.69) is 60.0 Å². The van der Waals surface area contributed by atoms with Crippen LogP contribution < -0.4 is 16.3 Å². The lowest BCUT2D eigenvalue weighted by atomic mass is 9.87. The molecular weight excluding hydrogens is 442 g/mol. The fourth-order valence-corrected chi connectivity index (χ4v) is 5.01. The van der Waals surface area contributed by atoms with Crippen molar-refractivity contribution in [3.05, 3.63) is 51.9 Å². The molecular formula is C22H27N7OS2. The Labute approximate surface area is 195 Å². The van der Waals surface area contributed by atoms with Gasteiger partial charge in [-0.15, -0.1) is 21.5 Å². The minimum absolute atomic E-state index is 0.0994. The van der Waals surface area contributed by atoms with Crippen molar-refractivity contribution < 1.29 is 4.74 Å². The van der Waals surface area contributed by atoms with E-state index < -0.39 is 0 Å². The molecule has 0 amide bonds. The minimum Gasteiger partial charge on any atom is -0.486 e. The van der Waals surface area contributed by atoms with Crippen LogP contribution in [0, 0.1) is 13.8 Å². The molecule has 0 saturated carbocycles. The third kappa shape index (κ3) is 4.51. The second-order valence-electron chi connectivity index (χ2n) is 8.61. The first-order chi connectivity index (χ1) is 15.1. The van der Waals surface area contributed by atoms with Gasteiger partial charge in [-0.1, -0.05) is 44.7 Å². The van der Waals surface area contributed by atoms with E-state index in [9.17, 15) is 0 Å².